The molecule has 1 N–H and O–H groups in total. The van der Waals surface area contributed by atoms with Crippen molar-refractivity contribution in [3.63, 3.8) is 0 Å². The van der Waals surface area contributed by atoms with Gasteiger partial charge in [-0.25, -0.2) is 0 Å². The Bertz CT molecular complexity index is 402. The Balaban J connectivity index is 1.32. The zero-order chi connectivity index (χ0) is 15.4. The average molecular weight is 307 g/mol. The predicted molar refractivity (Wildman–Crippen MR) is 91.8 cm³/mol. The third-order valence-electron chi connectivity index (χ3n) is 8.02. The van der Waals surface area contributed by atoms with Crippen LogP contribution >= 0.6 is 0 Å². The van der Waals surface area contributed by atoms with E-state index < -0.39 is 0 Å². The highest BCUT2D eigenvalue weighted by Gasteiger charge is 2.57. The van der Waals surface area contributed by atoms with Gasteiger partial charge in [-0.15, -0.1) is 0 Å². The Morgan fingerprint density at radius 3 is 2.14 bits per heavy atom. The van der Waals surface area contributed by atoms with Crippen LogP contribution in [0.15, 0.2) is 0 Å². The van der Waals surface area contributed by atoms with Gasteiger partial charge < -0.3 is 14.7 Å². The largest absolute Gasteiger partial charge is 0.322 e. The second kappa shape index (κ2) is 5.19. The Kier molecular flexibility index (Phi) is 3.63. The molecule has 3 saturated heterocycles. The van der Waals surface area contributed by atoms with E-state index in [-0.39, 0.29) is 0 Å². The molecule has 0 bridgehead atoms. The molecule has 1 aliphatic carbocycles. The third-order valence-corrected chi connectivity index (χ3v) is 8.02. The minimum atomic E-state index is 0.709. The van der Waals surface area contributed by atoms with Gasteiger partial charge in [0.05, 0.1) is 31.6 Å². The number of likely N-dealkylation sites (tertiary alicyclic amines) is 2. The van der Waals surface area contributed by atoms with Crippen LogP contribution in [0.4, 0.5) is 0 Å². The van der Waals surface area contributed by atoms with Gasteiger partial charge in [-0.05, 0) is 71.0 Å². The van der Waals surface area contributed by atoms with Crippen molar-refractivity contribution < 1.29 is 4.48 Å². The summed E-state index contributed by atoms with van der Waals surface area (Å²) in [5.41, 5.74) is 1.44. The normalized spacial score (nSPS) is 39.4. The van der Waals surface area contributed by atoms with E-state index in [1.54, 1.807) is 0 Å². The summed E-state index contributed by atoms with van der Waals surface area (Å²) in [6.45, 7) is 10.7. The molecule has 22 heavy (non-hydrogen) atoms. The van der Waals surface area contributed by atoms with Gasteiger partial charge in [-0.3, -0.25) is 0 Å². The first-order valence-electron chi connectivity index (χ1n) is 9.68. The molecule has 4 rings (SSSR count). The molecule has 0 amide bonds. The van der Waals surface area contributed by atoms with Crippen LogP contribution in [0, 0.1) is 16.7 Å². The molecule has 2 spiro atoms. The molecule has 4 fully saturated rings. The van der Waals surface area contributed by atoms with Crippen LogP contribution in [0.5, 0.6) is 0 Å². The average Bonchev–Trinajstić information content (AvgIpc) is 2.45. The first-order chi connectivity index (χ1) is 10.4. The second-order valence-corrected chi connectivity index (χ2v) is 9.80. The first kappa shape index (κ1) is 15.4. The summed E-state index contributed by atoms with van der Waals surface area (Å²) in [4.78, 5) is 2.51. The number of hydrogen-bond acceptors (Lipinski definition) is 2. The van der Waals surface area contributed by atoms with Crippen molar-refractivity contribution >= 4 is 0 Å². The summed E-state index contributed by atoms with van der Waals surface area (Å²) in [6.07, 6.45) is 8.85. The standard InChI is InChI=1S/C19H36N3/c1-16(17-4-6-18(7-5-17)12-21(2)13-18)22(3)14-19(15-22)8-10-20-11-9-19/h16-17,20H,4-15H2,1-3H3/q+1. The molecule has 1 atom stereocenters. The van der Waals surface area contributed by atoms with Crippen LogP contribution in [0.3, 0.4) is 0 Å². The molecular formula is C19H36N3+. The van der Waals surface area contributed by atoms with Crippen molar-refractivity contribution in [3.8, 4) is 0 Å². The van der Waals surface area contributed by atoms with E-state index in [1.165, 1.54) is 82.3 Å². The molecule has 3 heteroatoms. The SMILES string of the molecule is CC(C1CCC2(CC1)CN(C)C2)[N+]1(C)CC2(CCNCC2)C1. The summed E-state index contributed by atoms with van der Waals surface area (Å²) in [5.74, 6) is 0.987. The zero-order valence-electron chi connectivity index (χ0n) is 15.0. The van der Waals surface area contributed by atoms with Gasteiger partial charge in [0.25, 0.3) is 0 Å². The maximum Gasteiger partial charge on any atom is 0.0899 e. The molecule has 126 valence electrons. The van der Waals surface area contributed by atoms with E-state index in [0.29, 0.717) is 5.41 Å². The highest BCUT2D eigenvalue weighted by atomic mass is 15.4. The van der Waals surface area contributed by atoms with Crippen LogP contribution in [-0.2, 0) is 0 Å². The molecule has 3 aliphatic heterocycles. The number of rotatable bonds is 2. The van der Waals surface area contributed by atoms with Crippen LogP contribution in [0.2, 0.25) is 0 Å². The van der Waals surface area contributed by atoms with Crippen LogP contribution in [0.1, 0.15) is 45.4 Å². The number of piperidine rings is 1. The predicted octanol–water partition coefficient (Wildman–Crippen LogP) is 2.33. The molecule has 4 aliphatic rings. The van der Waals surface area contributed by atoms with E-state index >= 15 is 0 Å². The van der Waals surface area contributed by atoms with Gasteiger partial charge in [-0.2, -0.15) is 0 Å². The van der Waals surface area contributed by atoms with Gasteiger partial charge in [0, 0.05) is 19.0 Å². The summed E-state index contributed by atoms with van der Waals surface area (Å²) in [7, 11) is 4.84. The van der Waals surface area contributed by atoms with Gasteiger partial charge in [-0.1, -0.05) is 0 Å². The van der Waals surface area contributed by atoms with Gasteiger partial charge in [0.1, 0.15) is 0 Å². The smallest absolute Gasteiger partial charge is 0.0899 e. The number of quaternary nitrogens is 1. The third kappa shape index (κ3) is 2.44. The fraction of sp³-hybridized carbons (Fsp3) is 1.00. The van der Waals surface area contributed by atoms with Crippen molar-refractivity contribution in [2.24, 2.45) is 16.7 Å². The van der Waals surface area contributed by atoms with Gasteiger partial charge in [0.2, 0.25) is 0 Å². The van der Waals surface area contributed by atoms with Gasteiger partial charge in [0.15, 0.2) is 0 Å². The second-order valence-electron chi connectivity index (χ2n) is 9.80. The Hall–Kier alpha value is -0.120. The highest BCUT2D eigenvalue weighted by Crippen LogP contribution is 2.50. The van der Waals surface area contributed by atoms with Crippen LogP contribution in [0.25, 0.3) is 0 Å². The Morgan fingerprint density at radius 2 is 1.59 bits per heavy atom. The number of nitrogens with zero attached hydrogens (tertiary/aromatic N) is 2. The molecule has 0 radical (unpaired) electrons. The molecule has 1 saturated carbocycles. The van der Waals surface area contributed by atoms with E-state index in [9.17, 15) is 0 Å². The number of nitrogens with one attached hydrogen (secondary N) is 1. The van der Waals surface area contributed by atoms with E-state index in [0.717, 1.165) is 17.4 Å². The van der Waals surface area contributed by atoms with Crippen molar-refractivity contribution in [1.82, 2.24) is 10.2 Å². The summed E-state index contributed by atoms with van der Waals surface area (Å²) < 4.78 is 1.37. The molecule has 0 aromatic heterocycles. The fourth-order valence-corrected chi connectivity index (χ4v) is 6.71. The zero-order valence-corrected chi connectivity index (χ0v) is 15.0. The summed E-state index contributed by atoms with van der Waals surface area (Å²) in [6, 6.07) is 0.885. The molecule has 1 unspecified atom stereocenters. The van der Waals surface area contributed by atoms with Crippen molar-refractivity contribution in [3.05, 3.63) is 0 Å². The maximum atomic E-state index is 3.54. The van der Waals surface area contributed by atoms with Crippen molar-refractivity contribution in [2.45, 2.75) is 51.5 Å². The molecule has 3 nitrogen and oxygen atoms in total. The Labute approximate surface area is 137 Å². The lowest BCUT2D eigenvalue weighted by atomic mass is 9.63. The monoisotopic (exact) mass is 306 g/mol. The van der Waals surface area contributed by atoms with Crippen LogP contribution in [-0.4, -0.2) is 68.8 Å². The van der Waals surface area contributed by atoms with Gasteiger partial charge >= 0.3 is 0 Å². The molecular weight excluding hydrogens is 270 g/mol. The Morgan fingerprint density at radius 1 is 1.00 bits per heavy atom. The lowest BCUT2D eigenvalue weighted by molar-refractivity contribution is -0.991. The molecule has 0 aromatic rings. The van der Waals surface area contributed by atoms with E-state index in [1.807, 2.05) is 0 Å². The quantitative estimate of drug-likeness (QED) is 0.788. The summed E-state index contributed by atoms with van der Waals surface area (Å²) >= 11 is 0. The lowest BCUT2D eigenvalue weighted by Crippen LogP contribution is -2.73. The lowest BCUT2D eigenvalue weighted by Gasteiger charge is -2.62. The van der Waals surface area contributed by atoms with E-state index in [2.05, 4.69) is 31.2 Å². The molecule has 0 aromatic carbocycles. The van der Waals surface area contributed by atoms with Crippen molar-refractivity contribution in [2.75, 3.05) is 53.4 Å². The minimum Gasteiger partial charge on any atom is -0.322 e. The summed E-state index contributed by atoms with van der Waals surface area (Å²) in [5, 5.41) is 3.54. The fourth-order valence-electron chi connectivity index (χ4n) is 6.71. The topological polar surface area (TPSA) is 15.3 Å². The van der Waals surface area contributed by atoms with E-state index in [4.69, 9.17) is 0 Å². The molecule has 3 heterocycles. The first-order valence-corrected chi connectivity index (χ1v) is 9.68. The maximum absolute atomic E-state index is 3.54. The van der Waals surface area contributed by atoms with Crippen LogP contribution < -0.4 is 5.32 Å². The minimum absolute atomic E-state index is 0.709. The highest BCUT2D eigenvalue weighted by molar-refractivity contribution is 4.98. The van der Waals surface area contributed by atoms with Crippen molar-refractivity contribution in [1.29, 1.82) is 0 Å². The number of hydrogen-bond donors (Lipinski definition) is 1.